The molecule has 1 aromatic heterocycles. The third-order valence-corrected chi connectivity index (χ3v) is 7.45. The highest BCUT2D eigenvalue weighted by atomic mass is 127. The molecule has 0 aliphatic carbocycles. The van der Waals surface area contributed by atoms with Crippen LogP contribution in [0.5, 0.6) is 5.75 Å². The minimum Gasteiger partial charge on any atom is -0.496 e. The molecule has 33 heavy (non-hydrogen) atoms. The first-order valence-corrected chi connectivity index (χ1v) is 11.9. The molecule has 1 aliphatic heterocycles. The Hall–Kier alpha value is -2.56. The number of para-hydroxylation sites is 1. The van der Waals surface area contributed by atoms with Crippen molar-refractivity contribution in [2.45, 2.75) is 3.55 Å². The average molecular weight is 560 g/mol. The van der Waals surface area contributed by atoms with Gasteiger partial charge in [-0.25, -0.2) is 9.37 Å². The summed E-state index contributed by atoms with van der Waals surface area (Å²) in [7, 11) is 1.68. The van der Waals surface area contributed by atoms with E-state index >= 15 is 0 Å². The zero-order valence-electron chi connectivity index (χ0n) is 18.4. The lowest BCUT2D eigenvalue weighted by Crippen LogP contribution is -2.57. The Balaban J connectivity index is 1.63. The first-order valence-electron chi connectivity index (χ1n) is 10.8. The number of methoxy groups -OCH3 is 1. The van der Waals surface area contributed by atoms with Crippen molar-refractivity contribution in [1.82, 2.24) is 15.2 Å². The molecule has 1 atom stereocenters. The molecule has 4 rings (SSSR count). The molecule has 3 aromatic rings. The molecule has 172 valence electrons. The van der Waals surface area contributed by atoms with Crippen molar-refractivity contribution in [3.8, 4) is 5.75 Å². The van der Waals surface area contributed by atoms with Crippen LogP contribution in [-0.2, 0) is 3.55 Å². The van der Waals surface area contributed by atoms with Gasteiger partial charge in [0.2, 0.25) is 0 Å². The Kier molecular flexibility index (Phi) is 7.56. The van der Waals surface area contributed by atoms with E-state index in [0.29, 0.717) is 18.9 Å². The fourth-order valence-electron chi connectivity index (χ4n) is 4.11. The largest absolute Gasteiger partial charge is 0.496 e. The SMILES string of the molecule is COc1ccccc1C1(I)CNCCN1CCN(C(=O)c1ccccc1F)c1ccccn1. The molecule has 1 saturated heterocycles. The second-order valence-electron chi connectivity index (χ2n) is 7.75. The lowest BCUT2D eigenvalue weighted by molar-refractivity contribution is 0.0968. The molecule has 2 aromatic carbocycles. The lowest BCUT2D eigenvalue weighted by Gasteiger charge is -2.45. The van der Waals surface area contributed by atoms with Crippen molar-refractivity contribution in [2.75, 3.05) is 44.7 Å². The predicted octanol–water partition coefficient (Wildman–Crippen LogP) is 4.07. The monoisotopic (exact) mass is 560 g/mol. The second kappa shape index (κ2) is 10.6. The van der Waals surface area contributed by atoms with Crippen LogP contribution in [0.3, 0.4) is 0 Å². The fraction of sp³-hybridized carbons (Fsp3) is 0.280. The summed E-state index contributed by atoms with van der Waals surface area (Å²) in [5, 5.41) is 3.48. The third-order valence-electron chi connectivity index (χ3n) is 5.81. The number of aromatic nitrogens is 1. The molecular weight excluding hydrogens is 534 g/mol. The summed E-state index contributed by atoms with van der Waals surface area (Å²) in [4.78, 5) is 21.6. The van der Waals surface area contributed by atoms with Crippen molar-refractivity contribution < 1.29 is 13.9 Å². The maximum Gasteiger partial charge on any atom is 0.262 e. The van der Waals surface area contributed by atoms with Crippen LogP contribution in [-0.4, -0.2) is 55.6 Å². The summed E-state index contributed by atoms with van der Waals surface area (Å²) in [5.74, 6) is 0.378. The molecule has 1 amide bonds. The molecule has 2 heterocycles. The van der Waals surface area contributed by atoms with Gasteiger partial charge in [0.1, 0.15) is 20.9 Å². The normalized spacial score (nSPS) is 18.6. The lowest BCUT2D eigenvalue weighted by atomic mass is 10.0. The number of halogens is 2. The average Bonchev–Trinajstić information content (AvgIpc) is 2.86. The van der Waals surface area contributed by atoms with E-state index in [4.69, 9.17) is 4.74 Å². The predicted molar refractivity (Wildman–Crippen MR) is 135 cm³/mol. The van der Waals surface area contributed by atoms with Gasteiger partial charge in [-0.05, 0) is 30.3 Å². The van der Waals surface area contributed by atoms with E-state index in [2.05, 4.69) is 43.9 Å². The Bertz CT molecular complexity index is 1100. The first-order chi connectivity index (χ1) is 16.0. The standard InChI is InChI=1S/C25H26FIN4O2/c1-33-22-11-5-3-9-20(22)25(27)18-28-14-15-30(25)16-17-31(23-12-6-7-13-29-23)24(32)19-8-2-4-10-21(19)26/h2-13,28H,14-18H2,1H3. The van der Waals surface area contributed by atoms with Gasteiger partial charge in [-0.1, -0.05) is 59.0 Å². The van der Waals surface area contributed by atoms with E-state index < -0.39 is 11.7 Å². The van der Waals surface area contributed by atoms with E-state index in [-0.39, 0.29) is 9.11 Å². The highest BCUT2D eigenvalue weighted by molar-refractivity contribution is 14.1. The molecule has 8 heteroatoms. The van der Waals surface area contributed by atoms with E-state index in [1.165, 1.54) is 12.1 Å². The van der Waals surface area contributed by atoms with E-state index in [1.54, 1.807) is 42.5 Å². The topological polar surface area (TPSA) is 57.7 Å². The number of alkyl halides is 1. The van der Waals surface area contributed by atoms with Crippen LogP contribution in [0, 0.1) is 5.82 Å². The van der Waals surface area contributed by atoms with E-state index in [9.17, 15) is 9.18 Å². The van der Waals surface area contributed by atoms with Crippen LogP contribution in [0.4, 0.5) is 10.2 Å². The number of rotatable bonds is 7. The summed E-state index contributed by atoms with van der Waals surface area (Å²) in [5.41, 5.74) is 1.11. The molecule has 1 unspecified atom stereocenters. The minimum atomic E-state index is -0.539. The van der Waals surface area contributed by atoms with Crippen LogP contribution < -0.4 is 15.0 Å². The second-order valence-corrected chi connectivity index (χ2v) is 9.53. The van der Waals surface area contributed by atoms with Gasteiger partial charge in [-0.15, -0.1) is 0 Å². The number of anilines is 1. The Morgan fingerprint density at radius 2 is 1.94 bits per heavy atom. The van der Waals surface area contributed by atoms with Crippen LogP contribution in [0.15, 0.2) is 72.9 Å². The van der Waals surface area contributed by atoms with Crippen LogP contribution in [0.1, 0.15) is 15.9 Å². The molecule has 1 N–H and O–H groups in total. The number of amides is 1. The number of hydrogen-bond acceptors (Lipinski definition) is 5. The summed E-state index contributed by atoms with van der Waals surface area (Å²) < 4.78 is 19.7. The smallest absolute Gasteiger partial charge is 0.262 e. The maximum absolute atomic E-state index is 14.4. The molecule has 6 nitrogen and oxygen atoms in total. The number of carbonyl (C=O) groups is 1. The highest BCUT2D eigenvalue weighted by Crippen LogP contribution is 2.41. The van der Waals surface area contributed by atoms with Gasteiger partial charge < -0.3 is 10.1 Å². The van der Waals surface area contributed by atoms with Crippen molar-refractivity contribution in [3.05, 3.63) is 89.9 Å². The first kappa shape index (κ1) is 23.6. The maximum atomic E-state index is 14.4. The van der Waals surface area contributed by atoms with Gasteiger partial charge in [0, 0.05) is 44.5 Å². The van der Waals surface area contributed by atoms with Crippen molar-refractivity contribution in [2.24, 2.45) is 0 Å². The number of hydrogen-bond donors (Lipinski definition) is 1. The summed E-state index contributed by atoms with van der Waals surface area (Å²) >= 11 is 2.47. The van der Waals surface area contributed by atoms with Gasteiger partial charge in [0.05, 0.1) is 12.7 Å². The van der Waals surface area contributed by atoms with Gasteiger partial charge in [-0.2, -0.15) is 0 Å². The highest BCUT2D eigenvalue weighted by Gasteiger charge is 2.40. The molecule has 0 spiro atoms. The van der Waals surface area contributed by atoms with Crippen LogP contribution in [0.2, 0.25) is 0 Å². The zero-order chi connectivity index (χ0) is 23.3. The van der Waals surface area contributed by atoms with Gasteiger partial charge in [0.15, 0.2) is 0 Å². The zero-order valence-corrected chi connectivity index (χ0v) is 20.5. The molecule has 1 fully saturated rings. The third kappa shape index (κ3) is 5.02. The van der Waals surface area contributed by atoms with Crippen LogP contribution in [0.25, 0.3) is 0 Å². The molecule has 1 aliphatic rings. The van der Waals surface area contributed by atoms with Crippen LogP contribution >= 0.6 is 22.6 Å². The van der Waals surface area contributed by atoms with Gasteiger partial charge in [0.25, 0.3) is 5.91 Å². The Labute approximate surface area is 206 Å². The Morgan fingerprint density at radius 3 is 2.70 bits per heavy atom. The van der Waals surface area contributed by atoms with Gasteiger partial charge >= 0.3 is 0 Å². The molecule has 0 bridgehead atoms. The number of piperazine rings is 1. The number of nitrogens with zero attached hydrogens (tertiary/aromatic N) is 3. The van der Waals surface area contributed by atoms with E-state index in [0.717, 1.165) is 30.9 Å². The quantitative estimate of drug-likeness (QED) is 0.269. The van der Waals surface area contributed by atoms with E-state index in [1.807, 2.05) is 24.3 Å². The van der Waals surface area contributed by atoms with Crippen molar-refractivity contribution in [3.63, 3.8) is 0 Å². The number of nitrogens with one attached hydrogen (secondary N) is 1. The summed E-state index contributed by atoms with van der Waals surface area (Å²) in [6.45, 7) is 3.32. The molecular formula is C25H26FIN4O2. The molecule has 0 radical (unpaired) electrons. The van der Waals surface area contributed by atoms with Crippen molar-refractivity contribution >= 4 is 34.3 Å². The van der Waals surface area contributed by atoms with Crippen molar-refractivity contribution in [1.29, 1.82) is 0 Å². The number of carbonyl (C=O) groups excluding carboxylic acids is 1. The summed E-state index contributed by atoms with van der Waals surface area (Å²) in [6.07, 6.45) is 1.64. The summed E-state index contributed by atoms with van der Waals surface area (Å²) in [6, 6.07) is 19.5. The van der Waals surface area contributed by atoms with Gasteiger partial charge in [-0.3, -0.25) is 14.6 Å². The number of ether oxygens (including phenoxy) is 1. The molecule has 0 saturated carbocycles. The fourth-order valence-corrected chi connectivity index (χ4v) is 5.30. The minimum absolute atomic E-state index is 0.0360. The number of benzene rings is 2. The Morgan fingerprint density at radius 1 is 1.18 bits per heavy atom. The number of pyridine rings is 1.